The molecule has 0 bridgehead atoms. The summed E-state index contributed by atoms with van der Waals surface area (Å²) in [5, 5.41) is 16.6. The first-order valence-electron chi connectivity index (χ1n) is 7.41. The fraction of sp³-hybridized carbons (Fsp3) is 0.846. The predicted octanol–water partition coefficient (Wildman–Crippen LogP) is 1.25. The van der Waals surface area contributed by atoms with E-state index < -0.39 is 28.0 Å². The molecule has 0 spiro atoms. The van der Waals surface area contributed by atoms with Gasteiger partial charge in [0.2, 0.25) is 0 Å². The number of carboxylic acid groups (broad SMARTS) is 1. The number of nitrogens with two attached hydrogens (primary N) is 1. The molecule has 2 amide bonds. The van der Waals surface area contributed by atoms with Crippen molar-refractivity contribution in [3.63, 3.8) is 0 Å². The van der Waals surface area contributed by atoms with Crippen molar-refractivity contribution in [3.8, 4) is 0 Å². The van der Waals surface area contributed by atoms with Crippen LogP contribution in [0.15, 0.2) is 0 Å². The largest absolute Gasteiger partial charge is 0.464 e. The second kappa shape index (κ2) is 7.35. The van der Waals surface area contributed by atoms with Crippen LogP contribution < -0.4 is 10.5 Å². The van der Waals surface area contributed by atoms with Crippen LogP contribution in [-0.4, -0.2) is 48.2 Å². The molecule has 4 N–H and O–H groups in total. The summed E-state index contributed by atoms with van der Waals surface area (Å²) in [6.07, 6.45) is 0.378. The standard InChI is InChI=1S/C13H25N3O6S/c1-13(2,3)22-11(17)15-10-6-4-9(5-7-10)8-16(12(18)19)23(14,20)21/h9-10H,4-8H2,1-3H3,(H,15,17)(H,18,19)(H2,14,20,21)/t9-,10+. The highest BCUT2D eigenvalue weighted by atomic mass is 32.2. The molecular formula is C13H25N3O6S. The maximum absolute atomic E-state index is 11.7. The number of carbonyl (C=O) groups is 2. The molecular weight excluding hydrogens is 326 g/mol. The van der Waals surface area contributed by atoms with Gasteiger partial charge in [-0.1, -0.05) is 0 Å². The Morgan fingerprint density at radius 2 is 1.78 bits per heavy atom. The first-order chi connectivity index (χ1) is 10.4. The molecule has 0 unspecified atom stereocenters. The van der Waals surface area contributed by atoms with E-state index in [9.17, 15) is 18.0 Å². The third-order valence-corrected chi connectivity index (χ3v) is 4.43. The average molecular weight is 351 g/mol. The van der Waals surface area contributed by atoms with Gasteiger partial charge in [0.15, 0.2) is 0 Å². The lowest BCUT2D eigenvalue weighted by Crippen LogP contribution is -2.45. The van der Waals surface area contributed by atoms with Crippen LogP contribution in [0.5, 0.6) is 0 Å². The normalized spacial score (nSPS) is 22.3. The SMILES string of the molecule is CC(C)(C)OC(=O)N[C@H]1CC[C@@H](CN(C(=O)O)S(N)(=O)=O)CC1. The first-order valence-corrected chi connectivity index (χ1v) is 8.91. The molecule has 1 fully saturated rings. The van der Waals surface area contributed by atoms with E-state index in [4.69, 9.17) is 15.0 Å². The van der Waals surface area contributed by atoms with Crippen LogP contribution in [0.2, 0.25) is 0 Å². The van der Waals surface area contributed by atoms with Crippen molar-refractivity contribution in [3.05, 3.63) is 0 Å². The van der Waals surface area contributed by atoms with Crippen LogP contribution in [0.3, 0.4) is 0 Å². The maximum Gasteiger partial charge on any atom is 0.422 e. The second-order valence-corrected chi connectivity index (χ2v) is 8.19. The van der Waals surface area contributed by atoms with Crippen molar-refractivity contribution in [2.24, 2.45) is 11.1 Å². The topological polar surface area (TPSA) is 139 Å². The fourth-order valence-corrected chi connectivity index (χ4v) is 3.13. The van der Waals surface area contributed by atoms with Gasteiger partial charge in [-0.3, -0.25) is 0 Å². The van der Waals surface area contributed by atoms with Crippen molar-refractivity contribution in [1.82, 2.24) is 9.62 Å². The number of ether oxygens (including phenoxy) is 1. The van der Waals surface area contributed by atoms with E-state index in [1.807, 2.05) is 0 Å². The molecule has 0 aliphatic heterocycles. The quantitative estimate of drug-likeness (QED) is 0.696. The minimum Gasteiger partial charge on any atom is -0.464 e. The molecule has 1 saturated carbocycles. The lowest BCUT2D eigenvalue weighted by Gasteiger charge is -2.31. The number of nitrogens with zero attached hydrogens (tertiary/aromatic N) is 1. The van der Waals surface area contributed by atoms with Crippen LogP contribution in [0, 0.1) is 5.92 Å². The number of hydrogen-bond donors (Lipinski definition) is 3. The van der Waals surface area contributed by atoms with Gasteiger partial charge in [0, 0.05) is 12.6 Å². The molecule has 0 heterocycles. The molecule has 0 saturated heterocycles. The Bertz CT molecular complexity index is 534. The fourth-order valence-electron chi connectivity index (χ4n) is 2.49. The highest BCUT2D eigenvalue weighted by Crippen LogP contribution is 2.26. The number of alkyl carbamates (subject to hydrolysis) is 1. The Kier molecular flexibility index (Phi) is 6.23. The molecule has 1 aliphatic rings. The van der Waals surface area contributed by atoms with E-state index in [-0.39, 0.29) is 22.8 Å². The lowest BCUT2D eigenvalue weighted by molar-refractivity contribution is 0.0486. The van der Waals surface area contributed by atoms with Gasteiger partial charge in [0.1, 0.15) is 5.60 Å². The average Bonchev–Trinajstić information content (AvgIpc) is 2.33. The minimum absolute atomic E-state index is 0.0612. The van der Waals surface area contributed by atoms with Crippen LogP contribution in [0.25, 0.3) is 0 Å². The van der Waals surface area contributed by atoms with Crippen LogP contribution in [0.1, 0.15) is 46.5 Å². The number of rotatable bonds is 4. The van der Waals surface area contributed by atoms with Crippen molar-refractivity contribution in [2.45, 2.75) is 58.1 Å². The smallest absolute Gasteiger partial charge is 0.422 e. The summed E-state index contributed by atoms with van der Waals surface area (Å²) in [5.41, 5.74) is -0.571. The molecule has 9 nitrogen and oxygen atoms in total. The molecule has 1 rings (SSSR count). The second-order valence-electron chi connectivity index (χ2n) is 6.72. The van der Waals surface area contributed by atoms with Crippen LogP contribution >= 0.6 is 0 Å². The Morgan fingerprint density at radius 1 is 1.26 bits per heavy atom. The monoisotopic (exact) mass is 351 g/mol. The summed E-state index contributed by atoms with van der Waals surface area (Å²) >= 11 is 0. The Balaban J connectivity index is 2.47. The van der Waals surface area contributed by atoms with Crippen molar-refractivity contribution in [2.75, 3.05) is 6.54 Å². The zero-order valence-electron chi connectivity index (χ0n) is 13.6. The molecule has 0 atom stereocenters. The molecule has 0 aromatic rings. The van der Waals surface area contributed by atoms with Gasteiger partial charge in [-0.15, -0.1) is 0 Å². The van der Waals surface area contributed by atoms with Gasteiger partial charge in [0.25, 0.3) is 0 Å². The van der Waals surface area contributed by atoms with E-state index in [2.05, 4.69) is 5.32 Å². The van der Waals surface area contributed by atoms with Crippen LogP contribution in [-0.2, 0) is 14.9 Å². The summed E-state index contributed by atoms with van der Waals surface area (Å²) in [5.74, 6) is -0.110. The van der Waals surface area contributed by atoms with E-state index in [0.29, 0.717) is 25.7 Å². The lowest BCUT2D eigenvalue weighted by atomic mass is 9.86. The maximum atomic E-state index is 11.7. The van der Waals surface area contributed by atoms with Gasteiger partial charge in [-0.2, -0.15) is 12.7 Å². The first kappa shape index (κ1) is 19.5. The van der Waals surface area contributed by atoms with Gasteiger partial charge in [0.05, 0.1) is 0 Å². The predicted molar refractivity (Wildman–Crippen MR) is 83.0 cm³/mol. The highest BCUT2D eigenvalue weighted by molar-refractivity contribution is 7.87. The van der Waals surface area contributed by atoms with E-state index in [1.54, 1.807) is 20.8 Å². The van der Waals surface area contributed by atoms with Crippen molar-refractivity contribution in [1.29, 1.82) is 0 Å². The molecule has 1 aliphatic carbocycles. The van der Waals surface area contributed by atoms with Gasteiger partial charge < -0.3 is 15.2 Å². The number of nitrogens with one attached hydrogen (secondary N) is 1. The van der Waals surface area contributed by atoms with E-state index in [1.165, 1.54) is 0 Å². The minimum atomic E-state index is -4.27. The molecule has 134 valence electrons. The Labute approximate surface area is 136 Å². The number of hydrogen-bond acceptors (Lipinski definition) is 5. The molecule has 0 radical (unpaired) electrons. The summed E-state index contributed by atoms with van der Waals surface area (Å²) in [6, 6.07) is -0.0612. The molecule has 10 heteroatoms. The third kappa shape index (κ3) is 7.04. The Morgan fingerprint density at radius 3 is 2.17 bits per heavy atom. The third-order valence-electron chi connectivity index (χ3n) is 3.51. The summed E-state index contributed by atoms with van der Waals surface area (Å²) < 4.78 is 27.9. The summed E-state index contributed by atoms with van der Waals surface area (Å²) in [4.78, 5) is 22.6. The van der Waals surface area contributed by atoms with Gasteiger partial charge in [-0.05, 0) is 52.4 Å². The van der Waals surface area contributed by atoms with Gasteiger partial charge in [-0.25, -0.2) is 14.7 Å². The number of carbonyl (C=O) groups excluding carboxylic acids is 1. The summed E-state index contributed by atoms with van der Waals surface area (Å²) in [7, 11) is -4.27. The van der Waals surface area contributed by atoms with E-state index in [0.717, 1.165) is 0 Å². The Hall–Kier alpha value is -1.55. The van der Waals surface area contributed by atoms with Crippen LogP contribution in [0.4, 0.5) is 9.59 Å². The van der Waals surface area contributed by atoms with Crippen molar-refractivity contribution < 1.29 is 27.9 Å². The zero-order valence-corrected chi connectivity index (χ0v) is 14.4. The molecule has 23 heavy (non-hydrogen) atoms. The molecule has 0 aromatic carbocycles. The molecule has 0 aromatic heterocycles. The van der Waals surface area contributed by atoms with Gasteiger partial charge >= 0.3 is 22.4 Å². The van der Waals surface area contributed by atoms with Crippen molar-refractivity contribution >= 4 is 22.4 Å². The highest BCUT2D eigenvalue weighted by Gasteiger charge is 2.30. The number of amides is 2. The zero-order chi connectivity index (χ0) is 17.8. The van der Waals surface area contributed by atoms with E-state index >= 15 is 0 Å². The summed E-state index contributed by atoms with van der Waals surface area (Å²) in [6.45, 7) is 5.17.